The first kappa shape index (κ1) is 23.6. The van der Waals surface area contributed by atoms with E-state index in [0.29, 0.717) is 12.4 Å². The number of carbonyl (C=O) groups is 1. The summed E-state index contributed by atoms with van der Waals surface area (Å²) < 4.78 is 17.7. The average Bonchev–Trinajstić information content (AvgIpc) is 2.77. The molecular formula is C28H32O4. The number of hydrogen-bond donors (Lipinski definition) is 0. The summed E-state index contributed by atoms with van der Waals surface area (Å²) in [6.45, 7) is 10.2. The highest BCUT2D eigenvalue weighted by Gasteiger charge is 2.33. The third-order valence-electron chi connectivity index (χ3n) is 5.15. The fraction of sp³-hybridized carbons (Fsp3) is 0.321. The molecule has 1 unspecified atom stereocenters. The van der Waals surface area contributed by atoms with Gasteiger partial charge in [0.1, 0.15) is 12.4 Å². The molecule has 0 saturated heterocycles. The molecule has 0 N–H and O–H groups in total. The molecule has 0 aliphatic heterocycles. The molecule has 0 aromatic heterocycles. The molecule has 0 bridgehead atoms. The summed E-state index contributed by atoms with van der Waals surface area (Å²) in [5.41, 5.74) is 5.19. The van der Waals surface area contributed by atoms with Crippen molar-refractivity contribution in [3.05, 3.63) is 89.0 Å². The Kier molecular flexibility index (Phi) is 7.37. The van der Waals surface area contributed by atoms with Crippen molar-refractivity contribution in [2.75, 3.05) is 7.11 Å². The van der Waals surface area contributed by atoms with Crippen molar-refractivity contribution in [2.24, 2.45) is 0 Å². The zero-order chi connectivity index (χ0) is 23.3. The minimum Gasteiger partial charge on any atom is -0.488 e. The Morgan fingerprint density at radius 2 is 1.56 bits per heavy atom. The number of rotatable bonds is 7. The van der Waals surface area contributed by atoms with Crippen LogP contribution in [0.2, 0.25) is 0 Å². The van der Waals surface area contributed by atoms with Crippen LogP contribution in [0.4, 0.5) is 0 Å². The van der Waals surface area contributed by atoms with Crippen molar-refractivity contribution in [1.29, 1.82) is 0 Å². The molecule has 0 aliphatic carbocycles. The van der Waals surface area contributed by atoms with Gasteiger partial charge in [0.25, 0.3) is 0 Å². The SMILES string of the molecule is COC(=O)C(OC(C)(C)C)c1c(C)ccc(OCc2ccccc2)c1-c1ccc(C)cc1. The van der Waals surface area contributed by atoms with Crippen LogP contribution in [0.15, 0.2) is 66.7 Å². The van der Waals surface area contributed by atoms with Crippen molar-refractivity contribution in [1.82, 2.24) is 0 Å². The second kappa shape index (κ2) is 10.0. The van der Waals surface area contributed by atoms with E-state index >= 15 is 0 Å². The number of esters is 1. The molecule has 0 radical (unpaired) electrons. The van der Waals surface area contributed by atoms with E-state index in [1.165, 1.54) is 7.11 Å². The van der Waals surface area contributed by atoms with E-state index in [0.717, 1.165) is 33.4 Å². The van der Waals surface area contributed by atoms with E-state index in [-0.39, 0.29) is 0 Å². The van der Waals surface area contributed by atoms with E-state index in [1.807, 2.05) is 77.1 Å². The molecule has 0 amide bonds. The van der Waals surface area contributed by atoms with E-state index in [9.17, 15) is 4.79 Å². The summed E-state index contributed by atoms with van der Waals surface area (Å²) in [6.07, 6.45) is -0.878. The molecule has 0 aliphatic rings. The molecular weight excluding hydrogens is 400 g/mol. The summed E-state index contributed by atoms with van der Waals surface area (Å²) >= 11 is 0. The molecule has 4 nitrogen and oxygen atoms in total. The van der Waals surface area contributed by atoms with Gasteiger partial charge in [-0.15, -0.1) is 0 Å². The highest BCUT2D eigenvalue weighted by atomic mass is 16.6. The summed E-state index contributed by atoms with van der Waals surface area (Å²) in [5, 5.41) is 0. The summed E-state index contributed by atoms with van der Waals surface area (Å²) in [4.78, 5) is 12.9. The quantitative estimate of drug-likeness (QED) is 0.396. The average molecular weight is 433 g/mol. The number of carbonyl (C=O) groups excluding carboxylic acids is 1. The molecule has 0 heterocycles. The van der Waals surface area contributed by atoms with Crippen molar-refractivity contribution >= 4 is 5.97 Å². The molecule has 3 rings (SSSR count). The van der Waals surface area contributed by atoms with E-state index in [1.54, 1.807) is 0 Å². The Hall–Kier alpha value is -3.11. The van der Waals surface area contributed by atoms with Crippen LogP contribution >= 0.6 is 0 Å². The number of ether oxygens (including phenoxy) is 3. The highest BCUT2D eigenvalue weighted by molar-refractivity contribution is 5.84. The largest absolute Gasteiger partial charge is 0.488 e. The van der Waals surface area contributed by atoms with Crippen LogP contribution in [0.5, 0.6) is 5.75 Å². The first-order valence-corrected chi connectivity index (χ1v) is 10.8. The standard InChI is InChI=1S/C28H32O4/c1-19-12-15-22(16-13-19)25-23(31-18-21-10-8-7-9-11-21)17-14-20(2)24(25)26(27(29)30-6)32-28(3,4)5/h7-17,26H,18H2,1-6H3. The van der Waals surface area contributed by atoms with Gasteiger partial charge in [-0.25, -0.2) is 4.79 Å². The van der Waals surface area contributed by atoms with Crippen LogP contribution in [0.3, 0.4) is 0 Å². The lowest BCUT2D eigenvalue weighted by atomic mass is 9.90. The second-order valence-corrected chi connectivity index (χ2v) is 8.94. The molecule has 0 saturated carbocycles. The third-order valence-corrected chi connectivity index (χ3v) is 5.15. The highest BCUT2D eigenvalue weighted by Crippen LogP contribution is 2.41. The van der Waals surface area contributed by atoms with Gasteiger partial charge in [0.2, 0.25) is 0 Å². The van der Waals surface area contributed by atoms with Crippen molar-refractivity contribution in [2.45, 2.75) is 52.9 Å². The number of hydrogen-bond acceptors (Lipinski definition) is 4. The summed E-state index contributed by atoms with van der Waals surface area (Å²) in [7, 11) is 1.39. The lowest BCUT2D eigenvalue weighted by molar-refractivity contribution is -0.164. The Morgan fingerprint density at radius 3 is 2.16 bits per heavy atom. The monoisotopic (exact) mass is 432 g/mol. The van der Waals surface area contributed by atoms with Crippen LogP contribution in [0.1, 0.15) is 49.1 Å². The summed E-state index contributed by atoms with van der Waals surface area (Å²) in [5.74, 6) is 0.265. The number of methoxy groups -OCH3 is 1. The molecule has 0 fully saturated rings. The maximum Gasteiger partial charge on any atom is 0.339 e. The molecule has 1 atom stereocenters. The fourth-order valence-corrected chi connectivity index (χ4v) is 3.60. The van der Waals surface area contributed by atoms with Gasteiger partial charge in [-0.05, 0) is 57.4 Å². The van der Waals surface area contributed by atoms with E-state index in [2.05, 4.69) is 24.3 Å². The molecule has 168 valence electrons. The molecule has 3 aromatic carbocycles. The molecule has 0 spiro atoms. The van der Waals surface area contributed by atoms with Gasteiger partial charge >= 0.3 is 5.97 Å². The number of benzene rings is 3. The maximum atomic E-state index is 12.9. The first-order chi connectivity index (χ1) is 15.2. The van der Waals surface area contributed by atoms with Gasteiger partial charge in [-0.2, -0.15) is 0 Å². The normalized spacial score (nSPS) is 12.3. The zero-order valence-corrected chi connectivity index (χ0v) is 19.8. The molecule has 32 heavy (non-hydrogen) atoms. The van der Waals surface area contributed by atoms with Crippen molar-refractivity contribution in [3.63, 3.8) is 0 Å². The Morgan fingerprint density at radius 1 is 0.906 bits per heavy atom. The van der Waals surface area contributed by atoms with Crippen molar-refractivity contribution < 1.29 is 19.0 Å². The Labute approximate surface area is 191 Å². The molecule has 3 aromatic rings. The lowest BCUT2D eigenvalue weighted by Gasteiger charge is -2.29. The van der Waals surface area contributed by atoms with Crippen LogP contribution in [0, 0.1) is 13.8 Å². The first-order valence-electron chi connectivity index (χ1n) is 10.8. The van der Waals surface area contributed by atoms with Crippen LogP contribution in [-0.4, -0.2) is 18.7 Å². The van der Waals surface area contributed by atoms with Gasteiger partial charge in [0.15, 0.2) is 6.10 Å². The predicted molar refractivity (Wildman–Crippen MR) is 128 cm³/mol. The Balaban J connectivity index is 2.17. The topological polar surface area (TPSA) is 44.8 Å². The minimum absolute atomic E-state index is 0.422. The third kappa shape index (κ3) is 5.77. The Bertz CT molecular complexity index is 1050. The van der Waals surface area contributed by atoms with E-state index < -0.39 is 17.7 Å². The summed E-state index contributed by atoms with van der Waals surface area (Å²) in [6, 6.07) is 22.2. The van der Waals surface area contributed by atoms with E-state index in [4.69, 9.17) is 14.2 Å². The number of aryl methyl sites for hydroxylation is 2. The van der Waals surface area contributed by atoms with Gasteiger partial charge in [-0.1, -0.05) is 66.2 Å². The smallest absolute Gasteiger partial charge is 0.339 e. The zero-order valence-electron chi connectivity index (χ0n) is 19.8. The van der Waals surface area contributed by atoms with Gasteiger partial charge in [-0.3, -0.25) is 0 Å². The fourth-order valence-electron chi connectivity index (χ4n) is 3.60. The van der Waals surface area contributed by atoms with Gasteiger partial charge in [0, 0.05) is 11.1 Å². The van der Waals surface area contributed by atoms with Gasteiger partial charge in [0.05, 0.1) is 12.7 Å². The van der Waals surface area contributed by atoms with Gasteiger partial charge < -0.3 is 14.2 Å². The van der Waals surface area contributed by atoms with Crippen molar-refractivity contribution in [3.8, 4) is 16.9 Å². The van der Waals surface area contributed by atoms with Crippen LogP contribution in [0.25, 0.3) is 11.1 Å². The lowest BCUT2D eigenvalue weighted by Crippen LogP contribution is -2.29. The minimum atomic E-state index is -0.878. The van der Waals surface area contributed by atoms with Crippen LogP contribution < -0.4 is 4.74 Å². The maximum absolute atomic E-state index is 12.9. The predicted octanol–water partition coefficient (Wildman–Crippen LogP) is 6.58. The van der Waals surface area contributed by atoms with Crippen LogP contribution in [-0.2, 0) is 20.9 Å². The molecule has 4 heteroatoms. The second-order valence-electron chi connectivity index (χ2n) is 8.94.